The zero-order valence-electron chi connectivity index (χ0n) is 20.5. The van der Waals surface area contributed by atoms with Crippen molar-refractivity contribution in [3.63, 3.8) is 0 Å². The summed E-state index contributed by atoms with van der Waals surface area (Å²) in [5.41, 5.74) is 6.02. The molecule has 9 rings (SSSR count). The minimum Gasteiger partial charge on any atom is -0.294 e. The van der Waals surface area contributed by atoms with Gasteiger partial charge in [-0.25, -0.2) is 9.97 Å². The maximum absolute atomic E-state index is 5.08. The largest absolute Gasteiger partial charge is 0.294 e. The molecule has 39 heavy (non-hydrogen) atoms. The molecule has 0 saturated carbocycles. The van der Waals surface area contributed by atoms with Gasteiger partial charge in [-0.1, -0.05) is 72.8 Å². The summed E-state index contributed by atoms with van der Waals surface area (Å²) in [6, 6.07) is 37.1. The summed E-state index contributed by atoms with van der Waals surface area (Å²) < 4.78 is 5.03. The van der Waals surface area contributed by atoms with Gasteiger partial charge in [0.1, 0.15) is 6.33 Å². The molecule has 4 aromatic carbocycles. The third kappa shape index (κ3) is 3.03. The van der Waals surface area contributed by atoms with E-state index in [1.54, 1.807) is 6.33 Å². The number of para-hydroxylation sites is 1. The number of aromatic nitrogens is 2. The van der Waals surface area contributed by atoms with Gasteiger partial charge in [-0.05, 0) is 52.0 Å². The van der Waals surface area contributed by atoms with E-state index in [2.05, 4.69) is 108 Å². The summed E-state index contributed by atoms with van der Waals surface area (Å²) in [5.74, 6) is 0. The lowest BCUT2D eigenvalue weighted by Crippen LogP contribution is -2.57. The van der Waals surface area contributed by atoms with Crippen molar-refractivity contribution in [3.05, 3.63) is 109 Å². The maximum Gasteiger partial charge on any atom is 0.275 e. The number of fused-ring (bicyclic) bond motifs is 9. The molecule has 182 valence electrons. The fraction of sp³-hybridized carbons (Fsp3) is 0. The number of rotatable bonds is 2. The van der Waals surface area contributed by atoms with Gasteiger partial charge in [0.05, 0.1) is 20.2 Å². The average molecular weight is 552 g/mol. The highest BCUT2D eigenvalue weighted by molar-refractivity contribution is 7.32. The lowest BCUT2D eigenvalue weighted by Gasteiger charge is -2.32. The minimum absolute atomic E-state index is 0.000763. The summed E-state index contributed by atoms with van der Waals surface area (Å²) in [4.78, 5) is 12.4. The first-order valence-corrected chi connectivity index (χ1v) is 15.3. The molecule has 7 heteroatoms. The van der Waals surface area contributed by atoms with Gasteiger partial charge in [0.25, 0.3) is 6.71 Å². The molecule has 0 atom stereocenters. The van der Waals surface area contributed by atoms with Crippen molar-refractivity contribution in [2.45, 2.75) is 0 Å². The summed E-state index contributed by atoms with van der Waals surface area (Å²) >= 11 is 5.57. The second-order valence-electron chi connectivity index (χ2n) is 9.77. The van der Waals surface area contributed by atoms with E-state index in [4.69, 9.17) is 9.97 Å². The van der Waals surface area contributed by atoms with E-state index in [0.29, 0.717) is 0 Å². The number of thiophene rings is 3. The fourth-order valence-electron chi connectivity index (χ4n) is 6.06. The van der Waals surface area contributed by atoms with Crippen molar-refractivity contribution >= 4 is 113 Å². The highest BCUT2D eigenvalue weighted by Crippen LogP contribution is 2.47. The molecule has 1 aliphatic rings. The summed E-state index contributed by atoms with van der Waals surface area (Å²) in [6.45, 7) is 0.000763. The van der Waals surface area contributed by atoms with E-state index >= 15 is 0 Å². The highest BCUT2D eigenvalue weighted by atomic mass is 32.1. The molecule has 1 aliphatic heterocycles. The van der Waals surface area contributed by atoms with Gasteiger partial charge < -0.3 is 0 Å². The Hall–Kier alpha value is -4.04. The Kier molecular flexibility index (Phi) is 4.61. The Bertz CT molecular complexity index is 2130. The third-order valence-electron chi connectivity index (χ3n) is 7.69. The van der Waals surface area contributed by atoms with Crippen LogP contribution in [0.4, 0.5) is 15.7 Å². The molecular formula is C32H18BN3S3. The summed E-state index contributed by atoms with van der Waals surface area (Å²) in [7, 11) is 0. The van der Waals surface area contributed by atoms with Crippen LogP contribution in [0, 0.1) is 0 Å². The van der Waals surface area contributed by atoms with Gasteiger partial charge in [0.2, 0.25) is 0 Å². The van der Waals surface area contributed by atoms with E-state index in [9.17, 15) is 0 Å². The van der Waals surface area contributed by atoms with E-state index in [-0.39, 0.29) is 6.71 Å². The van der Waals surface area contributed by atoms with Crippen molar-refractivity contribution in [1.29, 1.82) is 0 Å². The Labute approximate surface area is 236 Å². The quantitative estimate of drug-likeness (QED) is 0.208. The Balaban J connectivity index is 1.46. The second kappa shape index (κ2) is 8.23. The van der Waals surface area contributed by atoms with Crippen LogP contribution in [0.3, 0.4) is 0 Å². The lowest BCUT2D eigenvalue weighted by atomic mass is 9.37. The number of anilines is 3. The smallest absolute Gasteiger partial charge is 0.275 e. The van der Waals surface area contributed by atoms with Crippen molar-refractivity contribution in [2.24, 2.45) is 0 Å². The monoisotopic (exact) mass is 551 g/mol. The topological polar surface area (TPSA) is 29.0 Å². The van der Waals surface area contributed by atoms with Crippen LogP contribution in [0.1, 0.15) is 0 Å². The molecule has 3 nitrogen and oxygen atoms in total. The van der Waals surface area contributed by atoms with Crippen LogP contribution < -0.4 is 21.4 Å². The molecule has 0 bridgehead atoms. The molecule has 0 fully saturated rings. The zero-order chi connectivity index (χ0) is 25.5. The summed E-state index contributed by atoms with van der Waals surface area (Å²) in [5, 5.41) is 6.36. The summed E-state index contributed by atoms with van der Waals surface area (Å²) in [6.07, 6.45) is 1.77. The van der Waals surface area contributed by atoms with Gasteiger partial charge in [0, 0.05) is 30.8 Å². The first-order chi connectivity index (χ1) is 19.4. The van der Waals surface area contributed by atoms with Crippen LogP contribution in [0.15, 0.2) is 109 Å². The predicted octanol–water partition coefficient (Wildman–Crippen LogP) is 7.57. The average Bonchev–Trinajstić information content (AvgIpc) is 3.68. The third-order valence-corrected chi connectivity index (χ3v) is 11.2. The zero-order valence-corrected chi connectivity index (χ0v) is 23.0. The van der Waals surface area contributed by atoms with Gasteiger partial charge in [-0.2, -0.15) is 0 Å². The first kappa shape index (κ1) is 21.9. The van der Waals surface area contributed by atoms with Crippen LogP contribution in [0.2, 0.25) is 0 Å². The van der Waals surface area contributed by atoms with Gasteiger partial charge in [0.15, 0.2) is 0 Å². The van der Waals surface area contributed by atoms with E-state index in [1.165, 1.54) is 61.6 Å². The SMILES string of the molecule is c1ccc(N2c3sc4ccccc4c3B(c3ncnc4c3sc3ccccc34)c3c2sc2ccccc32)cc1. The van der Waals surface area contributed by atoms with E-state index in [1.807, 2.05) is 34.0 Å². The Morgan fingerprint density at radius 2 is 1.08 bits per heavy atom. The Morgan fingerprint density at radius 3 is 1.72 bits per heavy atom. The number of nitrogens with zero attached hydrogens (tertiary/aromatic N) is 3. The van der Waals surface area contributed by atoms with Crippen molar-refractivity contribution in [2.75, 3.05) is 4.90 Å². The molecule has 0 amide bonds. The second-order valence-corrected chi connectivity index (χ2v) is 12.9. The number of hydrogen-bond donors (Lipinski definition) is 0. The number of hydrogen-bond acceptors (Lipinski definition) is 6. The molecule has 0 aliphatic carbocycles. The van der Waals surface area contributed by atoms with Crippen LogP contribution in [-0.2, 0) is 0 Å². The van der Waals surface area contributed by atoms with Crippen molar-refractivity contribution in [3.8, 4) is 0 Å². The molecule has 8 aromatic rings. The molecular weight excluding hydrogens is 533 g/mol. The molecule has 0 saturated heterocycles. The van der Waals surface area contributed by atoms with E-state index in [0.717, 1.165) is 11.1 Å². The van der Waals surface area contributed by atoms with Gasteiger partial charge in [-0.15, -0.1) is 34.0 Å². The van der Waals surface area contributed by atoms with Gasteiger partial charge in [-0.3, -0.25) is 4.90 Å². The molecule has 0 spiro atoms. The lowest BCUT2D eigenvalue weighted by molar-refractivity contribution is 1.26. The van der Waals surface area contributed by atoms with Crippen molar-refractivity contribution in [1.82, 2.24) is 9.97 Å². The minimum atomic E-state index is 0.000763. The predicted molar refractivity (Wildman–Crippen MR) is 171 cm³/mol. The van der Waals surface area contributed by atoms with Crippen LogP contribution in [-0.4, -0.2) is 16.7 Å². The molecule has 0 radical (unpaired) electrons. The highest BCUT2D eigenvalue weighted by Gasteiger charge is 2.42. The molecule has 0 unspecified atom stereocenters. The normalized spacial score (nSPS) is 13.0. The standard InChI is InChI=1S/C32H18BN3S3/c1-2-10-19(11-3-1)36-31-26(20-12-4-7-15-23(20)38-31)33(27-21-13-5-8-16-24(21)39-32(27)36)30-29-28(34-18-35-30)22-14-6-9-17-25(22)37-29/h1-18H. The van der Waals surface area contributed by atoms with Crippen LogP contribution in [0.5, 0.6) is 0 Å². The molecule has 5 heterocycles. The van der Waals surface area contributed by atoms with Crippen molar-refractivity contribution < 1.29 is 0 Å². The molecule has 4 aromatic heterocycles. The number of benzene rings is 4. The van der Waals surface area contributed by atoms with E-state index < -0.39 is 0 Å². The Morgan fingerprint density at radius 1 is 0.538 bits per heavy atom. The maximum atomic E-state index is 5.08. The van der Waals surface area contributed by atoms with Crippen LogP contribution in [0.25, 0.3) is 40.5 Å². The molecule has 0 N–H and O–H groups in total. The first-order valence-electron chi connectivity index (χ1n) is 12.9. The fourth-order valence-corrected chi connectivity index (χ4v) is 9.83. The van der Waals surface area contributed by atoms with Crippen LogP contribution >= 0.6 is 34.0 Å². The van der Waals surface area contributed by atoms with Gasteiger partial charge >= 0.3 is 0 Å².